The van der Waals surface area contributed by atoms with Gasteiger partial charge in [-0.05, 0) is 53.3 Å². The Bertz CT molecular complexity index is 945. The van der Waals surface area contributed by atoms with Crippen LogP contribution in [0, 0.1) is 5.92 Å². The third kappa shape index (κ3) is 6.35. The molecule has 0 aliphatic rings. The molecule has 3 rings (SSSR count). The summed E-state index contributed by atoms with van der Waals surface area (Å²) in [5.41, 5.74) is 3.84. The first-order valence-corrected chi connectivity index (χ1v) is 9.78. The van der Waals surface area contributed by atoms with Gasteiger partial charge in [-0.15, -0.1) is 0 Å². The Morgan fingerprint density at radius 3 is 2.38 bits per heavy atom. The number of nitrogens with one attached hydrogen (secondary N) is 2. The maximum Gasteiger partial charge on any atom is 0.291 e. The summed E-state index contributed by atoms with van der Waals surface area (Å²) in [7, 11) is 0. The van der Waals surface area contributed by atoms with E-state index in [-0.39, 0.29) is 17.6 Å². The second kappa shape index (κ2) is 9.73. The number of hydrogen-bond donors (Lipinski definition) is 2. The van der Waals surface area contributed by atoms with Gasteiger partial charge in [-0.1, -0.05) is 50.2 Å². The molecule has 29 heavy (non-hydrogen) atoms. The van der Waals surface area contributed by atoms with Crippen molar-refractivity contribution in [3.63, 3.8) is 0 Å². The molecule has 0 aliphatic heterocycles. The highest BCUT2D eigenvalue weighted by Gasteiger charge is 2.09. The van der Waals surface area contributed by atoms with E-state index < -0.39 is 0 Å². The summed E-state index contributed by atoms with van der Waals surface area (Å²) >= 11 is 0. The van der Waals surface area contributed by atoms with E-state index in [1.807, 2.05) is 30.3 Å². The molecule has 3 aromatic rings. The lowest BCUT2D eigenvalue weighted by molar-refractivity contribution is -0.120. The number of amides is 2. The average Bonchev–Trinajstić information content (AvgIpc) is 3.23. The molecule has 0 bridgehead atoms. The van der Waals surface area contributed by atoms with Crippen LogP contribution in [0.25, 0.3) is 0 Å². The molecule has 0 saturated heterocycles. The molecule has 2 amide bonds. The molecule has 0 saturated carbocycles. The van der Waals surface area contributed by atoms with Crippen molar-refractivity contribution >= 4 is 17.5 Å². The monoisotopic (exact) mass is 390 g/mol. The van der Waals surface area contributed by atoms with E-state index in [9.17, 15) is 9.59 Å². The van der Waals surface area contributed by atoms with Crippen LogP contribution in [0.4, 0.5) is 5.69 Å². The summed E-state index contributed by atoms with van der Waals surface area (Å²) in [6.45, 7) is 4.78. The van der Waals surface area contributed by atoms with Crippen molar-refractivity contribution in [3.8, 4) is 0 Å². The van der Waals surface area contributed by atoms with Crippen molar-refractivity contribution < 1.29 is 14.0 Å². The fourth-order valence-corrected chi connectivity index (χ4v) is 3.07. The van der Waals surface area contributed by atoms with Gasteiger partial charge in [0.05, 0.1) is 12.7 Å². The van der Waals surface area contributed by atoms with Crippen molar-refractivity contribution in [2.75, 3.05) is 5.32 Å². The Morgan fingerprint density at radius 2 is 1.69 bits per heavy atom. The maximum absolute atomic E-state index is 12.3. The van der Waals surface area contributed by atoms with E-state index in [2.05, 4.69) is 36.6 Å². The van der Waals surface area contributed by atoms with Gasteiger partial charge in [-0.3, -0.25) is 9.59 Å². The van der Waals surface area contributed by atoms with Crippen LogP contribution in [-0.2, 0) is 24.2 Å². The van der Waals surface area contributed by atoms with Crippen LogP contribution in [0.15, 0.2) is 71.3 Å². The Balaban J connectivity index is 1.50. The van der Waals surface area contributed by atoms with Gasteiger partial charge in [0.25, 0.3) is 5.91 Å². The number of carbonyl (C=O) groups excluding carboxylic acids is 2. The molecule has 5 nitrogen and oxygen atoms in total. The van der Waals surface area contributed by atoms with Crippen LogP contribution in [0.5, 0.6) is 0 Å². The van der Waals surface area contributed by atoms with Crippen molar-refractivity contribution in [1.82, 2.24) is 5.32 Å². The first-order valence-electron chi connectivity index (χ1n) is 9.78. The molecule has 1 heterocycles. The maximum atomic E-state index is 12.3. The SMILES string of the molecule is CC(C)Cc1ccc(CC(=O)NCc2cccc(NC(=O)c3ccco3)c2)cc1. The lowest BCUT2D eigenvalue weighted by atomic mass is 10.0. The molecule has 0 aliphatic carbocycles. The van der Waals surface area contributed by atoms with Gasteiger partial charge < -0.3 is 15.1 Å². The average molecular weight is 390 g/mol. The molecular weight excluding hydrogens is 364 g/mol. The van der Waals surface area contributed by atoms with Crippen molar-refractivity contribution in [1.29, 1.82) is 0 Å². The molecular formula is C24H26N2O3. The minimum absolute atomic E-state index is 0.0355. The number of carbonyl (C=O) groups is 2. The molecule has 0 unspecified atom stereocenters. The van der Waals surface area contributed by atoms with E-state index in [0.29, 0.717) is 24.6 Å². The summed E-state index contributed by atoms with van der Waals surface area (Å²) in [4.78, 5) is 24.3. The summed E-state index contributed by atoms with van der Waals surface area (Å²) < 4.78 is 5.09. The van der Waals surface area contributed by atoms with Crippen LogP contribution in [0.3, 0.4) is 0 Å². The normalized spacial score (nSPS) is 10.7. The van der Waals surface area contributed by atoms with E-state index >= 15 is 0 Å². The predicted molar refractivity (Wildman–Crippen MR) is 114 cm³/mol. The summed E-state index contributed by atoms with van der Waals surface area (Å²) in [6.07, 6.45) is 2.84. The Hall–Kier alpha value is -3.34. The van der Waals surface area contributed by atoms with Crippen molar-refractivity contribution in [2.45, 2.75) is 33.2 Å². The zero-order valence-corrected chi connectivity index (χ0v) is 16.8. The predicted octanol–water partition coefficient (Wildman–Crippen LogP) is 4.59. The lowest BCUT2D eigenvalue weighted by Gasteiger charge is -2.09. The Morgan fingerprint density at radius 1 is 0.931 bits per heavy atom. The standard InChI is InChI=1S/C24H26N2O3/c1-17(2)13-18-8-10-19(11-9-18)15-23(27)25-16-20-5-3-6-21(14-20)26-24(28)22-7-4-12-29-22/h3-12,14,17H,13,15-16H2,1-2H3,(H,25,27)(H,26,28). The summed E-state index contributed by atoms with van der Waals surface area (Å²) in [5.74, 6) is 0.524. The van der Waals surface area contributed by atoms with Crippen LogP contribution in [0.1, 0.15) is 41.1 Å². The number of rotatable bonds is 8. The van der Waals surface area contributed by atoms with Crippen LogP contribution in [0.2, 0.25) is 0 Å². The molecule has 2 aromatic carbocycles. The van der Waals surface area contributed by atoms with Gasteiger partial charge >= 0.3 is 0 Å². The molecule has 0 spiro atoms. The molecule has 0 radical (unpaired) electrons. The Labute approximate surface area is 171 Å². The third-order valence-corrected chi connectivity index (χ3v) is 4.45. The lowest BCUT2D eigenvalue weighted by Crippen LogP contribution is -2.24. The molecule has 0 atom stereocenters. The van der Waals surface area contributed by atoms with Gasteiger partial charge in [-0.25, -0.2) is 0 Å². The second-order valence-electron chi connectivity index (χ2n) is 7.50. The molecule has 2 N–H and O–H groups in total. The highest BCUT2D eigenvalue weighted by molar-refractivity contribution is 6.02. The Kier molecular flexibility index (Phi) is 6.85. The van der Waals surface area contributed by atoms with Crippen molar-refractivity contribution in [3.05, 3.63) is 89.4 Å². The van der Waals surface area contributed by atoms with Gasteiger partial charge in [0, 0.05) is 12.2 Å². The molecule has 0 fully saturated rings. The quantitative estimate of drug-likeness (QED) is 0.591. The van der Waals surface area contributed by atoms with Crippen LogP contribution < -0.4 is 10.6 Å². The summed E-state index contributed by atoms with van der Waals surface area (Å²) in [5, 5.41) is 5.72. The first kappa shape index (κ1) is 20.4. The molecule has 5 heteroatoms. The fraction of sp³-hybridized carbons (Fsp3) is 0.250. The number of hydrogen-bond acceptors (Lipinski definition) is 3. The number of benzene rings is 2. The molecule has 150 valence electrons. The summed E-state index contributed by atoms with van der Waals surface area (Å²) in [6, 6.07) is 18.9. The zero-order valence-electron chi connectivity index (χ0n) is 16.8. The highest BCUT2D eigenvalue weighted by Crippen LogP contribution is 2.13. The zero-order chi connectivity index (χ0) is 20.6. The van der Waals surface area contributed by atoms with Crippen LogP contribution >= 0.6 is 0 Å². The minimum atomic E-state index is -0.308. The van der Waals surface area contributed by atoms with Gasteiger partial charge in [0.15, 0.2) is 5.76 Å². The van der Waals surface area contributed by atoms with E-state index in [1.54, 1.807) is 18.2 Å². The highest BCUT2D eigenvalue weighted by atomic mass is 16.3. The van der Waals surface area contributed by atoms with Gasteiger partial charge in [-0.2, -0.15) is 0 Å². The van der Waals surface area contributed by atoms with Gasteiger partial charge in [0.1, 0.15) is 0 Å². The minimum Gasteiger partial charge on any atom is -0.459 e. The topological polar surface area (TPSA) is 71.3 Å². The first-order chi connectivity index (χ1) is 14.0. The smallest absolute Gasteiger partial charge is 0.291 e. The van der Waals surface area contributed by atoms with E-state index in [4.69, 9.17) is 4.42 Å². The second-order valence-corrected chi connectivity index (χ2v) is 7.50. The third-order valence-electron chi connectivity index (χ3n) is 4.45. The number of furan rings is 1. The van der Waals surface area contributed by atoms with Crippen molar-refractivity contribution in [2.24, 2.45) is 5.92 Å². The molecule has 1 aromatic heterocycles. The fourth-order valence-electron chi connectivity index (χ4n) is 3.07. The van der Waals surface area contributed by atoms with E-state index in [0.717, 1.165) is 17.5 Å². The largest absolute Gasteiger partial charge is 0.459 e. The van der Waals surface area contributed by atoms with E-state index in [1.165, 1.54) is 11.8 Å². The van der Waals surface area contributed by atoms with Crippen LogP contribution in [-0.4, -0.2) is 11.8 Å². The number of anilines is 1. The van der Waals surface area contributed by atoms with Gasteiger partial charge in [0.2, 0.25) is 5.91 Å².